The molecule has 9 heteroatoms. The van der Waals surface area contributed by atoms with Crippen molar-refractivity contribution >= 4 is 11.7 Å². The molecular formula is C11H10F5NO3. The summed E-state index contributed by atoms with van der Waals surface area (Å²) >= 11 is 0. The van der Waals surface area contributed by atoms with Gasteiger partial charge in [-0.1, -0.05) is 0 Å². The topological polar surface area (TPSA) is 58.6 Å². The summed E-state index contributed by atoms with van der Waals surface area (Å²) in [6, 6.07) is 0. The van der Waals surface area contributed by atoms with Crippen LogP contribution in [0.4, 0.5) is 27.6 Å². The number of esters is 1. The van der Waals surface area contributed by atoms with Crippen LogP contribution in [0.25, 0.3) is 0 Å². The molecule has 0 aliphatic heterocycles. The molecule has 0 radical (unpaired) electrons. The number of nitrogens with one attached hydrogen (secondary N) is 1. The fourth-order valence-electron chi connectivity index (χ4n) is 1.31. The molecule has 1 rings (SSSR count). The monoisotopic (exact) mass is 299 g/mol. The van der Waals surface area contributed by atoms with E-state index in [1.54, 1.807) is 5.32 Å². The fourth-order valence-corrected chi connectivity index (χ4v) is 1.31. The number of halogens is 5. The molecule has 0 aromatic heterocycles. The lowest BCUT2D eigenvalue weighted by Gasteiger charge is -2.21. The van der Waals surface area contributed by atoms with Crippen LogP contribution in [0.5, 0.6) is 0 Å². The second-order valence-electron chi connectivity index (χ2n) is 4.06. The quantitative estimate of drug-likeness (QED) is 0.385. The summed E-state index contributed by atoms with van der Waals surface area (Å²) in [6.45, 7) is 0.121. The van der Waals surface area contributed by atoms with Gasteiger partial charge in [-0.05, 0) is 6.92 Å². The van der Waals surface area contributed by atoms with E-state index in [4.69, 9.17) is 0 Å². The normalized spacial score (nSPS) is 13.8. The van der Waals surface area contributed by atoms with E-state index in [0.29, 0.717) is 0 Å². The largest absolute Gasteiger partial charge is 0.467 e. The van der Waals surface area contributed by atoms with Gasteiger partial charge in [-0.15, -0.1) is 0 Å². The van der Waals surface area contributed by atoms with Crippen molar-refractivity contribution < 1.29 is 36.6 Å². The SMILES string of the molecule is COC(=O)C(C)(O)CNc1c(F)c(F)c(F)c(F)c1F. The standard InChI is InChI=1S/C11H10F5NO3/c1-11(19,10(18)20-2)3-17-9-7(15)5(13)4(12)6(14)8(9)16/h17,19H,3H2,1-2H3. The first-order valence-corrected chi connectivity index (χ1v) is 5.19. The lowest BCUT2D eigenvalue weighted by atomic mass is 10.1. The molecule has 0 heterocycles. The highest BCUT2D eigenvalue weighted by Crippen LogP contribution is 2.27. The molecular weight excluding hydrogens is 289 g/mol. The van der Waals surface area contributed by atoms with Gasteiger partial charge in [-0.2, -0.15) is 0 Å². The third-order valence-electron chi connectivity index (χ3n) is 2.44. The Balaban J connectivity index is 3.09. The summed E-state index contributed by atoms with van der Waals surface area (Å²) in [5.74, 6) is -11.9. The van der Waals surface area contributed by atoms with E-state index in [-0.39, 0.29) is 0 Å². The Kier molecular flexibility index (Phi) is 4.53. The minimum atomic E-state index is -2.30. The molecule has 1 unspecified atom stereocenters. The van der Waals surface area contributed by atoms with Crippen LogP contribution in [-0.2, 0) is 9.53 Å². The lowest BCUT2D eigenvalue weighted by Crippen LogP contribution is -2.43. The number of aliphatic hydroxyl groups is 1. The molecule has 2 N–H and O–H groups in total. The van der Waals surface area contributed by atoms with E-state index in [0.717, 1.165) is 14.0 Å². The van der Waals surface area contributed by atoms with Crippen molar-refractivity contribution in [1.82, 2.24) is 0 Å². The number of hydrogen-bond acceptors (Lipinski definition) is 4. The highest BCUT2D eigenvalue weighted by molar-refractivity contribution is 5.79. The van der Waals surface area contributed by atoms with Gasteiger partial charge in [0.25, 0.3) is 0 Å². The number of anilines is 1. The summed E-state index contributed by atoms with van der Waals surface area (Å²) in [7, 11) is 0.954. The maximum atomic E-state index is 13.3. The lowest BCUT2D eigenvalue weighted by molar-refractivity contribution is -0.158. The Bertz CT molecular complexity index is 518. The van der Waals surface area contributed by atoms with Gasteiger partial charge in [0, 0.05) is 0 Å². The first-order valence-electron chi connectivity index (χ1n) is 5.19. The third kappa shape index (κ3) is 2.82. The zero-order valence-electron chi connectivity index (χ0n) is 10.4. The van der Waals surface area contributed by atoms with E-state index < -0.39 is 52.9 Å². The van der Waals surface area contributed by atoms with E-state index >= 15 is 0 Å². The molecule has 0 amide bonds. The molecule has 0 aliphatic carbocycles. The molecule has 0 aliphatic rings. The second kappa shape index (κ2) is 5.61. The highest BCUT2D eigenvalue weighted by atomic mass is 19.2. The summed E-state index contributed by atoms with van der Waals surface area (Å²) < 4.78 is 69.3. The zero-order chi connectivity index (χ0) is 15.7. The molecule has 0 bridgehead atoms. The molecule has 0 spiro atoms. The van der Waals surface area contributed by atoms with Crippen molar-refractivity contribution in [2.24, 2.45) is 0 Å². The Labute approximate surface area is 110 Å². The molecule has 1 aromatic rings. The van der Waals surface area contributed by atoms with Gasteiger partial charge in [0.15, 0.2) is 28.9 Å². The van der Waals surface area contributed by atoms with Gasteiger partial charge in [0.1, 0.15) is 5.69 Å². The van der Waals surface area contributed by atoms with E-state index in [1.165, 1.54) is 0 Å². The fraction of sp³-hybridized carbons (Fsp3) is 0.364. The molecule has 20 heavy (non-hydrogen) atoms. The van der Waals surface area contributed by atoms with Crippen LogP contribution in [-0.4, -0.2) is 30.3 Å². The predicted molar refractivity (Wildman–Crippen MR) is 57.4 cm³/mol. The second-order valence-corrected chi connectivity index (χ2v) is 4.06. The van der Waals surface area contributed by atoms with Crippen LogP contribution in [0, 0.1) is 29.1 Å². The first kappa shape index (κ1) is 16.2. The van der Waals surface area contributed by atoms with Crippen LogP contribution in [0.2, 0.25) is 0 Å². The van der Waals surface area contributed by atoms with Crippen molar-refractivity contribution in [3.05, 3.63) is 29.1 Å². The molecule has 0 saturated heterocycles. The number of rotatable bonds is 4. The molecule has 1 atom stereocenters. The summed E-state index contributed by atoms with van der Waals surface area (Å²) in [6.07, 6.45) is 0. The minimum absolute atomic E-state index is 0.821. The smallest absolute Gasteiger partial charge is 0.339 e. The van der Waals surface area contributed by atoms with Crippen LogP contribution in [0.1, 0.15) is 6.92 Å². The van der Waals surface area contributed by atoms with E-state index in [2.05, 4.69) is 4.74 Å². The molecule has 0 saturated carbocycles. The molecule has 1 aromatic carbocycles. The number of carbonyl (C=O) groups is 1. The highest BCUT2D eigenvalue weighted by Gasteiger charge is 2.33. The van der Waals surface area contributed by atoms with Crippen molar-refractivity contribution in [1.29, 1.82) is 0 Å². The molecule has 4 nitrogen and oxygen atoms in total. The molecule has 0 fully saturated rings. The van der Waals surface area contributed by atoms with Gasteiger partial charge < -0.3 is 15.2 Å². The Morgan fingerprint density at radius 2 is 1.50 bits per heavy atom. The van der Waals surface area contributed by atoms with E-state index in [1.807, 2.05) is 0 Å². The third-order valence-corrected chi connectivity index (χ3v) is 2.44. The van der Waals surface area contributed by atoms with Gasteiger partial charge in [-0.3, -0.25) is 0 Å². The first-order chi connectivity index (χ1) is 9.13. The van der Waals surface area contributed by atoms with E-state index in [9.17, 15) is 31.9 Å². The Morgan fingerprint density at radius 1 is 1.10 bits per heavy atom. The Morgan fingerprint density at radius 3 is 1.90 bits per heavy atom. The maximum absolute atomic E-state index is 13.3. The average molecular weight is 299 g/mol. The summed E-state index contributed by atoms with van der Waals surface area (Å²) in [4.78, 5) is 11.1. The van der Waals surface area contributed by atoms with Gasteiger partial charge in [0.05, 0.1) is 13.7 Å². The van der Waals surface area contributed by atoms with Gasteiger partial charge in [0.2, 0.25) is 5.82 Å². The number of carbonyl (C=O) groups excluding carboxylic acids is 1. The maximum Gasteiger partial charge on any atom is 0.339 e. The van der Waals surface area contributed by atoms with Gasteiger partial charge in [-0.25, -0.2) is 26.7 Å². The van der Waals surface area contributed by atoms with Crippen molar-refractivity contribution in [3.63, 3.8) is 0 Å². The van der Waals surface area contributed by atoms with Crippen molar-refractivity contribution in [2.75, 3.05) is 19.0 Å². The summed E-state index contributed by atoms with van der Waals surface area (Å²) in [5, 5.41) is 11.4. The average Bonchev–Trinajstić information content (AvgIpc) is 2.41. The number of ether oxygens (including phenoxy) is 1. The zero-order valence-corrected chi connectivity index (χ0v) is 10.4. The van der Waals surface area contributed by atoms with Crippen molar-refractivity contribution in [3.8, 4) is 0 Å². The minimum Gasteiger partial charge on any atom is -0.467 e. The van der Waals surface area contributed by atoms with Crippen LogP contribution in [0.3, 0.4) is 0 Å². The number of methoxy groups -OCH3 is 1. The van der Waals surface area contributed by atoms with Gasteiger partial charge >= 0.3 is 5.97 Å². The Hall–Kier alpha value is -1.90. The van der Waals surface area contributed by atoms with Crippen LogP contribution < -0.4 is 5.32 Å². The van der Waals surface area contributed by atoms with Crippen molar-refractivity contribution in [2.45, 2.75) is 12.5 Å². The summed E-state index contributed by atoms with van der Waals surface area (Å²) in [5.41, 5.74) is -3.56. The molecule has 112 valence electrons. The number of hydrogen-bond donors (Lipinski definition) is 2. The number of benzene rings is 1. The van der Waals surface area contributed by atoms with Crippen LogP contribution >= 0.6 is 0 Å². The van der Waals surface area contributed by atoms with Crippen LogP contribution in [0.15, 0.2) is 0 Å². The predicted octanol–water partition coefficient (Wildman–Crippen LogP) is 1.72.